The molecule has 124 valence electrons. The van der Waals surface area contributed by atoms with Crippen molar-refractivity contribution in [3.8, 4) is 0 Å². The van der Waals surface area contributed by atoms with Gasteiger partial charge >= 0.3 is 0 Å². The number of nitrogens with one attached hydrogen (secondary N) is 2. The van der Waals surface area contributed by atoms with Crippen LogP contribution in [0.15, 0.2) is 0 Å². The highest BCUT2D eigenvalue weighted by atomic mass is 15.3. The molecule has 0 amide bonds. The highest BCUT2D eigenvalue weighted by Crippen LogP contribution is 2.60. The average Bonchev–Trinajstić information content (AvgIpc) is 2.88. The van der Waals surface area contributed by atoms with Crippen LogP contribution >= 0.6 is 0 Å². The third kappa shape index (κ3) is 1.74. The highest BCUT2D eigenvalue weighted by molar-refractivity contribution is 5.16. The maximum atomic E-state index is 3.73. The van der Waals surface area contributed by atoms with Gasteiger partial charge in [0.2, 0.25) is 0 Å². The third-order valence-electron chi connectivity index (χ3n) is 8.41. The molecule has 0 bridgehead atoms. The van der Waals surface area contributed by atoms with Crippen LogP contribution in [0, 0.1) is 29.1 Å². The molecule has 0 aromatic heterocycles. The van der Waals surface area contributed by atoms with Gasteiger partial charge in [-0.05, 0) is 80.9 Å². The fourth-order valence-electron chi connectivity index (χ4n) is 7.52. The van der Waals surface area contributed by atoms with Gasteiger partial charge in [-0.15, -0.1) is 0 Å². The van der Waals surface area contributed by atoms with Crippen LogP contribution in [0.2, 0.25) is 0 Å². The van der Waals surface area contributed by atoms with E-state index in [1.807, 2.05) is 0 Å². The van der Waals surface area contributed by atoms with Crippen LogP contribution in [0.1, 0.15) is 46.0 Å². The fourth-order valence-corrected chi connectivity index (χ4v) is 7.52. The quantitative estimate of drug-likeness (QED) is 0.717. The second-order valence-electron chi connectivity index (χ2n) is 9.35. The van der Waals surface area contributed by atoms with E-state index in [4.69, 9.17) is 0 Å². The Bertz CT molecular complexity index is 448. The molecule has 5 aliphatic rings. The standard InChI is InChI=1S/C19H33N3/c1-19(2)14-5-3-4-12-13-10-20-8-6-16(13)22(18(12)14)17-7-9-21-11-15(17)19/h12-18,20-21H,3-11H2,1-2H3. The van der Waals surface area contributed by atoms with Crippen molar-refractivity contribution in [1.82, 2.24) is 15.5 Å². The van der Waals surface area contributed by atoms with E-state index < -0.39 is 0 Å². The van der Waals surface area contributed by atoms with E-state index in [-0.39, 0.29) is 0 Å². The Labute approximate surface area is 135 Å². The maximum absolute atomic E-state index is 3.73. The lowest BCUT2D eigenvalue weighted by molar-refractivity contribution is -0.118. The van der Waals surface area contributed by atoms with Gasteiger partial charge in [0, 0.05) is 18.1 Å². The number of piperidine rings is 3. The molecule has 0 aromatic carbocycles. The number of hydrogen-bond donors (Lipinski definition) is 2. The third-order valence-corrected chi connectivity index (χ3v) is 8.41. The summed E-state index contributed by atoms with van der Waals surface area (Å²) in [5, 5.41) is 7.45. The minimum absolute atomic E-state index is 0.527. The van der Waals surface area contributed by atoms with Crippen LogP contribution in [0.4, 0.5) is 0 Å². The van der Waals surface area contributed by atoms with Crippen LogP contribution in [0.3, 0.4) is 0 Å². The zero-order valence-corrected chi connectivity index (χ0v) is 14.4. The van der Waals surface area contributed by atoms with Gasteiger partial charge in [0.05, 0.1) is 0 Å². The van der Waals surface area contributed by atoms with Gasteiger partial charge < -0.3 is 10.6 Å². The molecular formula is C19H33N3. The van der Waals surface area contributed by atoms with Crippen LogP contribution < -0.4 is 10.6 Å². The van der Waals surface area contributed by atoms with Crippen molar-refractivity contribution in [3.05, 3.63) is 0 Å². The summed E-state index contributed by atoms with van der Waals surface area (Å²) in [6.07, 6.45) is 7.27. The van der Waals surface area contributed by atoms with Gasteiger partial charge in [0.1, 0.15) is 0 Å². The fraction of sp³-hybridized carbons (Fsp3) is 1.00. The van der Waals surface area contributed by atoms with Gasteiger partial charge in [-0.1, -0.05) is 20.3 Å². The van der Waals surface area contributed by atoms with Gasteiger partial charge in [-0.2, -0.15) is 0 Å². The molecule has 4 saturated heterocycles. The summed E-state index contributed by atoms with van der Waals surface area (Å²) >= 11 is 0. The Balaban J connectivity index is 1.59. The van der Waals surface area contributed by atoms with E-state index in [0.29, 0.717) is 5.41 Å². The van der Waals surface area contributed by atoms with E-state index in [0.717, 1.165) is 41.8 Å². The highest BCUT2D eigenvalue weighted by Gasteiger charge is 2.63. The molecule has 5 rings (SSSR count). The number of hydrogen-bond acceptors (Lipinski definition) is 3. The van der Waals surface area contributed by atoms with Crippen molar-refractivity contribution in [2.75, 3.05) is 26.2 Å². The Morgan fingerprint density at radius 2 is 1.59 bits per heavy atom. The molecular weight excluding hydrogens is 270 g/mol. The summed E-state index contributed by atoms with van der Waals surface area (Å²) in [5.74, 6) is 3.76. The molecule has 0 aromatic rings. The molecule has 1 saturated carbocycles. The van der Waals surface area contributed by atoms with E-state index in [1.165, 1.54) is 58.3 Å². The summed E-state index contributed by atoms with van der Waals surface area (Å²) in [7, 11) is 0. The lowest BCUT2D eigenvalue weighted by atomic mass is 9.55. The predicted molar refractivity (Wildman–Crippen MR) is 89.8 cm³/mol. The Hall–Kier alpha value is -0.120. The molecule has 5 fully saturated rings. The molecule has 0 spiro atoms. The van der Waals surface area contributed by atoms with E-state index >= 15 is 0 Å². The van der Waals surface area contributed by atoms with Crippen molar-refractivity contribution >= 4 is 0 Å². The first-order chi connectivity index (χ1) is 10.7. The summed E-state index contributed by atoms with van der Waals surface area (Å²) in [5.41, 5.74) is 0.527. The van der Waals surface area contributed by atoms with Gasteiger partial charge in [-0.3, -0.25) is 4.90 Å². The minimum atomic E-state index is 0.527. The summed E-state index contributed by atoms with van der Waals surface area (Å²) < 4.78 is 0. The molecule has 22 heavy (non-hydrogen) atoms. The van der Waals surface area contributed by atoms with Crippen molar-refractivity contribution in [3.63, 3.8) is 0 Å². The average molecular weight is 303 g/mol. The molecule has 3 heteroatoms. The normalized spacial score (nSPS) is 53.5. The number of rotatable bonds is 0. The van der Waals surface area contributed by atoms with Crippen LogP contribution in [0.25, 0.3) is 0 Å². The minimum Gasteiger partial charge on any atom is -0.316 e. The molecule has 1 aliphatic carbocycles. The number of nitrogens with zero attached hydrogens (tertiary/aromatic N) is 1. The van der Waals surface area contributed by atoms with Crippen molar-refractivity contribution in [2.45, 2.75) is 64.1 Å². The zero-order valence-electron chi connectivity index (χ0n) is 14.4. The van der Waals surface area contributed by atoms with Gasteiger partial charge in [-0.25, -0.2) is 0 Å². The van der Waals surface area contributed by atoms with Gasteiger partial charge in [0.25, 0.3) is 0 Å². The summed E-state index contributed by atoms with van der Waals surface area (Å²) in [4.78, 5) is 3.12. The molecule has 7 atom stereocenters. The lowest BCUT2D eigenvalue weighted by Crippen LogP contribution is -2.67. The first kappa shape index (κ1) is 14.2. The lowest BCUT2D eigenvalue weighted by Gasteiger charge is -2.61. The zero-order chi connectivity index (χ0) is 14.9. The molecule has 2 N–H and O–H groups in total. The van der Waals surface area contributed by atoms with E-state index in [2.05, 4.69) is 29.4 Å². The van der Waals surface area contributed by atoms with E-state index in [9.17, 15) is 0 Å². The molecule has 7 unspecified atom stereocenters. The molecule has 3 nitrogen and oxygen atoms in total. The SMILES string of the molecule is CC1(C)C2CNCCC2N2C3CCNCC3C3CCCC1C32. The Morgan fingerprint density at radius 3 is 2.45 bits per heavy atom. The van der Waals surface area contributed by atoms with Crippen LogP contribution in [-0.2, 0) is 0 Å². The second kappa shape index (κ2) is 4.94. The van der Waals surface area contributed by atoms with Crippen LogP contribution in [-0.4, -0.2) is 49.2 Å². The first-order valence-corrected chi connectivity index (χ1v) is 9.88. The smallest absolute Gasteiger partial charge is 0.0167 e. The van der Waals surface area contributed by atoms with E-state index in [1.54, 1.807) is 0 Å². The second-order valence-corrected chi connectivity index (χ2v) is 9.35. The van der Waals surface area contributed by atoms with Gasteiger partial charge in [0.15, 0.2) is 0 Å². The molecule has 4 heterocycles. The Kier molecular flexibility index (Phi) is 3.20. The topological polar surface area (TPSA) is 27.3 Å². The monoisotopic (exact) mass is 303 g/mol. The number of fused-ring (bicyclic) bond motifs is 5. The maximum Gasteiger partial charge on any atom is 0.0167 e. The molecule has 0 radical (unpaired) electrons. The van der Waals surface area contributed by atoms with Crippen molar-refractivity contribution < 1.29 is 0 Å². The molecule has 4 aliphatic heterocycles. The predicted octanol–water partition coefficient (Wildman–Crippen LogP) is 2.08. The van der Waals surface area contributed by atoms with Crippen molar-refractivity contribution in [2.24, 2.45) is 29.1 Å². The first-order valence-electron chi connectivity index (χ1n) is 9.88. The Morgan fingerprint density at radius 1 is 0.818 bits per heavy atom. The summed E-state index contributed by atoms with van der Waals surface area (Å²) in [6.45, 7) is 10.3. The largest absolute Gasteiger partial charge is 0.316 e. The van der Waals surface area contributed by atoms with Crippen molar-refractivity contribution in [1.29, 1.82) is 0 Å². The van der Waals surface area contributed by atoms with Crippen LogP contribution in [0.5, 0.6) is 0 Å². The summed E-state index contributed by atoms with van der Waals surface area (Å²) in [6, 6.07) is 2.68.